The van der Waals surface area contributed by atoms with Gasteiger partial charge in [-0.2, -0.15) is 0 Å². The third-order valence-corrected chi connectivity index (χ3v) is 10.7. The molecule has 6 rings (SSSR count). The number of ketones is 1. The van der Waals surface area contributed by atoms with Crippen LogP contribution in [0.4, 0.5) is 10.1 Å². The average molecular weight is 699 g/mol. The van der Waals surface area contributed by atoms with E-state index in [1.807, 2.05) is 45.7 Å². The average Bonchev–Trinajstić information content (AvgIpc) is 3.86. The number of likely N-dealkylation sites (tertiary alicyclic amines) is 2. The number of aromatic nitrogens is 1. The lowest BCUT2D eigenvalue weighted by Gasteiger charge is -2.48. The Morgan fingerprint density at radius 1 is 1.00 bits per heavy atom. The number of aryl methyl sites for hydroxylation is 1. The molecule has 49 heavy (non-hydrogen) atoms. The summed E-state index contributed by atoms with van der Waals surface area (Å²) in [7, 11) is 5.05. The van der Waals surface area contributed by atoms with Crippen molar-refractivity contribution in [2.24, 2.45) is 13.0 Å². The van der Waals surface area contributed by atoms with E-state index < -0.39 is 29.5 Å². The minimum atomic E-state index is -1.55. The van der Waals surface area contributed by atoms with Gasteiger partial charge in [0.1, 0.15) is 5.82 Å². The monoisotopic (exact) mass is 698 g/mol. The molecule has 3 fully saturated rings. The highest BCUT2D eigenvalue weighted by Gasteiger charge is 2.56. The van der Waals surface area contributed by atoms with E-state index in [1.54, 1.807) is 20.4 Å². The van der Waals surface area contributed by atoms with E-state index in [9.17, 15) is 19.5 Å². The highest BCUT2D eigenvalue weighted by Crippen LogP contribution is 2.39. The van der Waals surface area contributed by atoms with Gasteiger partial charge in [-0.25, -0.2) is 4.39 Å². The predicted octanol–water partition coefficient (Wildman–Crippen LogP) is 5.09. The first-order chi connectivity index (χ1) is 23.5. The van der Waals surface area contributed by atoms with Crippen LogP contribution in [-0.4, -0.2) is 102 Å². The Morgan fingerprint density at radius 3 is 2.29 bits per heavy atom. The van der Waals surface area contributed by atoms with Gasteiger partial charge in [-0.15, -0.1) is 0 Å². The molecular formula is C36H44ClFN4O7. The van der Waals surface area contributed by atoms with Gasteiger partial charge in [-0.1, -0.05) is 29.8 Å². The summed E-state index contributed by atoms with van der Waals surface area (Å²) in [6.45, 7) is 1.91. The fourth-order valence-corrected chi connectivity index (χ4v) is 7.95. The summed E-state index contributed by atoms with van der Waals surface area (Å²) >= 11 is 6.65. The standard InChI is InChI=1S/C36H44ClFN4O7/c1-40-19-26(25-8-4-5-9-30(25)40)34(44)39-29-18-28(38)23(16-27(29)37)17-33(43)36(41-14-6-7-15-41,42-20-31(47-2)32(21-42)48-3)49-24-12-10-22(11-13-24)35(45)46/h4-5,8-9,16,18-19,22,24,31-32H,6-7,10-15,17,20-21H2,1-3H3,(H,39,44)(H,45,46)/t22?,24?,31-,32+,36?. The van der Waals surface area contributed by atoms with E-state index >= 15 is 4.39 Å². The van der Waals surface area contributed by atoms with E-state index in [0.717, 1.165) is 29.8 Å². The number of carboxylic acid groups (broad SMARTS) is 1. The fourth-order valence-electron chi connectivity index (χ4n) is 7.71. The molecule has 0 radical (unpaired) electrons. The Morgan fingerprint density at radius 2 is 1.65 bits per heavy atom. The number of hydrogen-bond acceptors (Lipinski definition) is 8. The molecule has 1 unspecified atom stereocenters. The van der Waals surface area contributed by atoms with Crippen molar-refractivity contribution in [3.05, 3.63) is 64.6 Å². The molecule has 11 nitrogen and oxygen atoms in total. The van der Waals surface area contributed by atoms with Gasteiger partial charge in [-0.3, -0.25) is 24.2 Å². The molecule has 3 aliphatic rings. The third-order valence-electron chi connectivity index (χ3n) is 10.4. The Labute approximate surface area is 290 Å². The van der Waals surface area contributed by atoms with Gasteiger partial charge in [0.15, 0.2) is 5.78 Å². The lowest BCUT2D eigenvalue weighted by Crippen LogP contribution is -2.67. The maximum atomic E-state index is 15.9. The molecule has 1 saturated carbocycles. The molecule has 2 aromatic carbocycles. The molecule has 1 aliphatic carbocycles. The summed E-state index contributed by atoms with van der Waals surface area (Å²) in [4.78, 5) is 43.8. The number of methoxy groups -OCH3 is 2. The smallest absolute Gasteiger partial charge is 0.306 e. The van der Waals surface area contributed by atoms with Crippen LogP contribution in [0.3, 0.4) is 0 Å². The first kappa shape index (κ1) is 35.4. The van der Waals surface area contributed by atoms with Crippen LogP contribution < -0.4 is 5.32 Å². The van der Waals surface area contributed by atoms with Crippen LogP contribution in [0, 0.1) is 11.7 Å². The number of benzene rings is 2. The van der Waals surface area contributed by atoms with E-state index in [4.69, 9.17) is 25.8 Å². The zero-order valence-electron chi connectivity index (χ0n) is 28.1. The molecule has 0 spiro atoms. The number of amides is 1. The topological polar surface area (TPSA) is 123 Å². The maximum absolute atomic E-state index is 15.9. The zero-order chi connectivity index (χ0) is 34.9. The highest BCUT2D eigenvalue weighted by atomic mass is 35.5. The molecule has 2 aliphatic heterocycles. The van der Waals surface area contributed by atoms with Crippen molar-refractivity contribution < 1.29 is 38.1 Å². The van der Waals surface area contributed by atoms with Crippen molar-refractivity contribution in [3.63, 3.8) is 0 Å². The Hall–Kier alpha value is -3.39. The number of Topliss-reactive ketones (excluding diaryl/α,β-unsaturated/α-hetero) is 1. The Kier molecular flexibility index (Phi) is 10.7. The molecule has 3 heterocycles. The number of carbonyl (C=O) groups is 3. The number of halogens is 2. The number of fused-ring (bicyclic) bond motifs is 1. The lowest BCUT2D eigenvalue weighted by atomic mass is 9.87. The van der Waals surface area contributed by atoms with Crippen molar-refractivity contribution in [3.8, 4) is 0 Å². The van der Waals surface area contributed by atoms with Crippen LogP contribution in [0.5, 0.6) is 0 Å². The summed E-state index contributed by atoms with van der Waals surface area (Å²) in [5.41, 5.74) is 1.47. The minimum Gasteiger partial charge on any atom is -0.481 e. The first-order valence-corrected chi connectivity index (χ1v) is 17.3. The van der Waals surface area contributed by atoms with Crippen LogP contribution >= 0.6 is 11.6 Å². The minimum absolute atomic E-state index is 0.0747. The van der Waals surface area contributed by atoms with Crippen molar-refractivity contribution in [2.45, 2.75) is 69.1 Å². The number of aliphatic carboxylic acids is 1. The molecular weight excluding hydrogens is 655 g/mol. The van der Waals surface area contributed by atoms with Gasteiger partial charge in [0.25, 0.3) is 5.91 Å². The van der Waals surface area contributed by atoms with Gasteiger partial charge >= 0.3 is 5.97 Å². The summed E-state index contributed by atoms with van der Waals surface area (Å²) in [5.74, 6) is -4.31. The highest BCUT2D eigenvalue weighted by molar-refractivity contribution is 6.34. The number of para-hydroxylation sites is 1. The molecule has 0 bridgehead atoms. The van der Waals surface area contributed by atoms with Crippen molar-refractivity contribution in [1.82, 2.24) is 14.4 Å². The van der Waals surface area contributed by atoms with Gasteiger partial charge in [0, 0.05) is 71.0 Å². The maximum Gasteiger partial charge on any atom is 0.306 e. The molecule has 2 saturated heterocycles. The second kappa shape index (κ2) is 14.8. The normalized spacial score (nSPS) is 24.7. The second-order valence-corrected chi connectivity index (χ2v) is 13.7. The number of ether oxygens (including phenoxy) is 3. The quantitative estimate of drug-likeness (QED) is 0.266. The number of rotatable bonds is 12. The van der Waals surface area contributed by atoms with Crippen molar-refractivity contribution in [2.75, 3.05) is 45.7 Å². The molecule has 3 atom stereocenters. The van der Waals surface area contributed by atoms with E-state index in [1.165, 1.54) is 6.07 Å². The van der Waals surface area contributed by atoms with E-state index in [0.29, 0.717) is 57.4 Å². The van der Waals surface area contributed by atoms with Crippen LogP contribution in [0.15, 0.2) is 42.6 Å². The summed E-state index contributed by atoms with van der Waals surface area (Å²) < 4.78 is 36.2. The zero-order valence-corrected chi connectivity index (χ0v) is 28.9. The number of carboxylic acids is 1. The number of anilines is 1. The van der Waals surface area contributed by atoms with Crippen molar-refractivity contribution in [1.29, 1.82) is 0 Å². The molecule has 264 valence electrons. The van der Waals surface area contributed by atoms with Gasteiger partial charge < -0.3 is 29.2 Å². The summed E-state index contributed by atoms with van der Waals surface area (Å²) in [6, 6.07) is 10.0. The van der Waals surface area contributed by atoms with E-state index in [2.05, 4.69) is 5.32 Å². The first-order valence-electron chi connectivity index (χ1n) is 16.9. The SMILES string of the molecule is CO[C@H]1CN(C(OC2CCC(C(=O)O)CC2)(C(=O)Cc2cc(Cl)c(NC(=O)c3cn(C)c4ccccc34)cc2F)N2CCCC2)C[C@H]1OC. The summed E-state index contributed by atoms with van der Waals surface area (Å²) in [6.07, 6.45) is 3.98. The Bertz CT molecular complexity index is 1690. The van der Waals surface area contributed by atoms with Crippen LogP contribution in [0.1, 0.15) is 54.4 Å². The van der Waals surface area contributed by atoms with Gasteiger partial charge in [0.2, 0.25) is 5.85 Å². The number of nitrogens with one attached hydrogen (secondary N) is 1. The lowest BCUT2D eigenvalue weighted by molar-refractivity contribution is -0.253. The van der Waals surface area contributed by atoms with Gasteiger partial charge in [0.05, 0.1) is 40.5 Å². The fraction of sp³-hybridized carbons (Fsp3) is 0.528. The molecule has 1 aromatic heterocycles. The molecule has 1 amide bonds. The van der Waals surface area contributed by atoms with E-state index in [-0.39, 0.29) is 46.8 Å². The number of nitrogens with zero attached hydrogens (tertiary/aromatic N) is 3. The third kappa shape index (κ3) is 6.99. The molecule has 13 heteroatoms. The van der Waals surface area contributed by atoms with Crippen LogP contribution in [0.2, 0.25) is 5.02 Å². The number of hydrogen-bond donors (Lipinski definition) is 2. The van der Waals surface area contributed by atoms with Gasteiger partial charge in [-0.05, 0) is 62.3 Å². The molecule has 3 aromatic rings. The number of carbonyl (C=O) groups excluding carboxylic acids is 2. The van der Waals surface area contributed by atoms with Crippen LogP contribution in [-0.2, 0) is 37.3 Å². The second-order valence-electron chi connectivity index (χ2n) is 13.3. The predicted molar refractivity (Wildman–Crippen MR) is 182 cm³/mol. The largest absolute Gasteiger partial charge is 0.481 e. The van der Waals surface area contributed by atoms with Crippen molar-refractivity contribution >= 4 is 45.9 Å². The summed E-state index contributed by atoms with van der Waals surface area (Å²) in [5, 5.41) is 13.2. The molecule has 2 N–H and O–H groups in total. The van der Waals surface area contributed by atoms with Crippen LogP contribution in [0.25, 0.3) is 10.9 Å². The Balaban J connectivity index is 1.29.